The van der Waals surface area contributed by atoms with Crippen molar-refractivity contribution in [3.8, 4) is 0 Å². The van der Waals surface area contributed by atoms with Crippen LogP contribution in [0, 0.1) is 19.8 Å². The first-order valence-corrected chi connectivity index (χ1v) is 7.58. The van der Waals surface area contributed by atoms with Gasteiger partial charge in [-0.05, 0) is 50.1 Å². The molecule has 22 heavy (non-hydrogen) atoms. The molecule has 1 unspecified atom stereocenters. The molecule has 1 aromatic heterocycles. The summed E-state index contributed by atoms with van der Waals surface area (Å²) in [6.07, 6.45) is 0. The van der Waals surface area contributed by atoms with Gasteiger partial charge in [-0.3, -0.25) is 9.48 Å². The fourth-order valence-corrected chi connectivity index (χ4v) is 2.22. The predicted octanol–water partition coefficient (Wildman–Crippen LogP) is 1.87. The van der Waals surface area contributed by atoms with E-state index in [9.17, 15) is 4.79 Å². The van der Waals surface area contributed by atoms with Crippen molar-refractivity contribution in [1.29, 1.82) is 0 Å². The quantitative estimate of drug-likeness (QED) is 0.855. The number of aryl methyl sites for hydroxylation is 2. The number of nitrogens with zero attached hydrogens (tertiary/aromatic N) is 2. The summed E-state index contributed by atoms with van der Waals surface area (Å²) in [7, 11) is 0. The Labute approximate surface area is 131 Å². The van der Waals surface area contributed by atoms with Crippen molar-refractivity contribution in [1.82, 2.24) is 15.1 Å². The van der Waals surface area contributed by atoms with Crippen LogP contribution in [0.3, 0.4) is 0 Å². The summed E-state index contributed by atoms with van der Waals surface area (Å²) in [4.78, 5) is 12.0. The van der Waals surface area contributed by atoms with Crippen molar-refractivity contribution in [2.24, 2.45) is 11.7 Å². The Morgan fingerprint density at radius 2 is 2.00 bits per heavy atom. The van der Waals surface area contributed by atoms with E-state index in [4.69, 9.17) is 5.73 Å². The highest BCUT2D eigenvalue weighted by atomic mass is 16.1. The zero-order valence-corrected chi connectivity index (χ0v) is 13.5. The fraction of sp³-hybridized carbons (Fsp3) is 0.412. The molecular weight excluding hydrogens is 276 g/mol. The van der Waals surface area contributed by atoms with Crippen LogP contribution in [0.1, 0.15) is 34.2 Å². The zero-order chi connectivity index (χ0) is 16.1. The van der Waals surface area contributed by atoms with Crippen LogP contribution in [-0.4, -0.2) is 28.8 Å². The molecule has 0 radical (unpaired) electrons. The third-order valence-corrected chi connectivity index (χ3v) is 3.67. The largest absolute Gasteiger partial charge is 0.352 e. The van der Waals surface area contributed by atoms with Crippen molar-refractivity contribution in [2.45, 2.75) is 27.3 Å². The summed E-state index contributed by atoms with van der Waals surface area (Å²) < 4.78 is 1.97. The number of rotatable bonds is 6. The molecule has 1 amide bonds. The van der Waals surface area contributed by atoms with E-state index >= 15 is 0 Å². The molecule has 3 N–H and O–H groups in total. The van der Waals surface area contributed by atoms with Crippen LogP contribution in [0.25, 0.3) is 0 Å². The van der Waals surface area contributed by atoms with E-state index in [1.165, 1.54) is 0 Å². The molecule has 2 rings (SSSR count). The summed E-state index contributed by atoms with van der Waals surface area (Å²) >= 11 is 0. The van der Waals surface area contributed by atoms with Crippen molar-refractivity contribution in [3.05, 3.63) is 52.8 Å². The normalized spacial score (nSPS) is 12.2. The van der Waals surface area contributed by atoms with Gasteiger partial charge in [0.25, 0.3) is 5.91 Å². The lowest BCUT2D eigenvalue weighted by Gasteiger charge is -2.10. The third kappa shape index (κ3) is 4.18. The van der Waals surface area contributed by atoms with E-state index in [1.54, 1.807) is 0 Å². The molecule has 2 aromatic rings. The molecular formula is C17H24N4O. The first-order chi connectivity index (χ1) is 10.5. The number of nitrogens with one attached hydrogen (secondary N) is 1. The van der Waals surface area contributed by atoms with E-state index in [1.807, 2.05) is 49.7 Å². The molecule has 5 nitrogen and oxygen atoms in total. The first-order valence-electron chi connectivity index (χ1n) is 7.58. The zero-order valence-electron chi connectivity index (χ0n) is 13.5. The van der Waals surface area contributed by atoms with Crippen molar-refractivity contribution >= 4 is 5.91 Å². The van der Waals surface area contributed by atoms with Crippen molar-refractivity contribution in [2.75, 3.05) is 13.1 Å². The Hall–Kier alpha value is -2.14. The highest BCUT2D eigenvalue weighted by molar-refractivity contribution is 5.94. The Bertz CT molecular complexity index is 631. The molecule has 0 fully saturated rings. The van der Waals surface area contributed by atoms with E-state index < -0.39 is 0 Å². The van der Waals surface area contributed by atoms with Gasteiger partial charge in [-0.2, -0.15) is 5.10 Å². The first kappa shape index (κ1) is 16.2. The van der Waals surface area contributed by atoms with Gasteiger partial charge in [-0.25, -0.2) is 0 Å². The lowest BCUT2D eigenvalue weighted by atomic mass is 10.1. The number of amides is 1. The molecule has 0 bridgehead atoms. The molecule has 0 spiro atoms. The van der Waals surface area contributed by atoms with E-state index in [0.29, 0.717) is 25.2 Å². The molecule has 0 aliphatic rings. The minimum Gasteiger partial charge on any atom is -0.352 e. The maximum atomic E-state index is 12.0. The summed E-state index contributed by atoms with van der Waals surface area (Å²) in [6, 6.07) is 9.70. The Kier molecular flexibility index (Phi) is 5.33. The molecule has 1 aromatic carbocycles. The maximum Gasteiger partial charge on any atom is 0.251 e. The predicted molar refractivity (Wildman–Crippen MR) is 87.8 cm³/mol. The number of hydrogen-bond acceptors (Lipinski definition) is 3. The summed E-state index contributed by atoms with van der Waals surface area (Å²) in [5.74, 6) is 0.229. The highest BCUT2D eigenvalue weighted by Crippen LogP contribution is 2.09. The summed E-state index contributed by atoms with van der Waals surface area (Å²) in [5.41, 5.74) is 9.49. The van der Waals surface area contributed by atoms with E-state index in [2.05, 4.69) is 16.5 Å². The van der Waals surface area contributed by atoms with E-state index in [0.717, 1.165) is 17.0 Å². The lowest BCUT2D eigenvalue weighted by Crippen LogP contribution is -2.31. The van der Waals surface area contributed by atoms with Crippen molar-refractivity contribution < 1.29 is 4.79 Å². The molecule has 118 valence electrons. The van der Waals surface area contributed by atoms with E-state index in [-0.39, 0.29) is 11.8 Å². The topological polar surface area (TPSA) is 72.9 Å². The minimum absolute atomic E-state index is 0.0574. The minimum atomic E-state index is -0.0574. The Morgan fingerprint density at radius 3 is 2.55 bits per heavy atom. The van der Waals surface area contributed by atoms with Crippen LogP contribution in [0.15, 0.2) is 30.3 Å². The average molecular weight is 300 g/mol. The SMILES string of the molecule is Cc1cc(C)n(Cc2ccc(C(=O)NCC(C)CN)cc2)n1. The second-order valence-electron chi connectivity index (χ2n) is 5.83. The molecule has 0 saturated heterocycles. The molecule has 1 heterocycles. The number of benzene rings is 1. The van der Waals surface area contributed by atoms with Crippen LogP contribution in [0.2, 0.25) is 0 Å². The molecule has 1 atom stereocenters. The lowest BCUT2D eigenvalue weighted by molar-refractivity contribution is 0.0948. The van der Waals surface area contributed by atoms with Gasteiger partial charge < -0.3 is 11.1 Å². The monoisotopic (exact) mass is 300 g/mol. The number of nitrogens with two attached hydrogens (primary N) is 1. The van der Waals surface area contributed by atoms with Crippen LogP contribution in [-0.2, 0) is 6.54 Å². The maximum absolute atomic E-state index is 12.0. The molecule has 0 aliphatic carbocycles. The number of hydrogen-bond donors (Lipinski definition) is 2. The third-order valence-electron chi connectivity index (χ3n) is 3.67. The average Bonchev–Trinajstić information content (AvgIpc) is 2.82. The molecule has 0 saturated carbocycles. The number of carbonyl (C=O) groups excluding carboxylic acids is 1. The number of carbonyl (C=O) groups is 1. The standard InChI is InChI=1S/C17H24N4O/c1-12(9-18)10-19-17(22)16-6-4-15(5-7-16)11-21-14(3)8-13(2)20-21/h4-8,12H,9-11,18H2,1-3H3,(H,19,22). The van der Waals surface area contributed by atoms with Gasteiger partial charge in [0.15, 0.2) is 0 Å². The van der Waals surface area contributed by atoms with Crippen molar-refractivity contribution in [3.63, 3.8) is 0 Å². The van der Waals surface area contributed by atoms with Gasteiger partial charge in [0.1, 0.15) is 0 Å². The van der Waals surface area contributed by atoms with Gasteiger partial charge in [-0.15, -0.1) is 0 Å². The Balaban J connectivity index is 1.98. The van der Waals surface area contributed by atoms with Crippen LogP contribution in [0.5, 0.6) is 0 Å². The smallest absolute Gasteiger partial charge is 0.251 e. The van der Waals surface area contributed by atoms with Gasteiger partial charge in [-0.1, -0.05) is 19.1 Å². The molecule has 0 aliphatic heterocycles. The van der Waals surface area contributed by atoms with Gasteiger partial charge in [0.2, 0.25) is 0 Å². The van der Waals surface area contributed by atoms with Crippen LogP contribution >= 0.6 is 0 Å². The molecule has 5 heteroatoms. The highest BCUT2D eigenvalue weighted by Gasteiger charge is 2.08. The second kappa shape index (κ2) is 7.22. The van der Waals surface area contributed by atoms with Gasteiger partial charge in [0, 0.05) is 17.8 Å². The van der Waals surface area contributed by atoms with Crippen LogP contribution in [0.4, 0.5) is 0 Å². The van der Waals surface area contributed by atoms with Gasteiger partial charge in [0.05, 0.1) is 12.2 Å². The Morgan fingerprint density at radius 1 is 1.32 bits per heavy atom. The second-order valence-corrected chi connectivity index (χ2v) is 5.83. The summed E-state index contributed by atoms with van der Waals surface area (Å²) in [6.45, 7) is 7.92. The number of aromatic nitrogens is 2. The van der Waals surface area contributed by atoms with Crippen LogP contribution < -0.4 is 11.1 Å². The fourth-order valence-electron chi connectivity index (χ4n) is 2.22. The summed E-state index contributed by atoms with van der Waals surface area (Å²) in [5, 5.41) is 7.34. The van der Waals surface area contributed by atoms with Gasteiger partial charge >= 0.3 is 0 Å².